The SMILES string of the molecule is C=CCOc1cccc2c1cc(C(=O)NCc1ccc3c(c1)OCO3)n2Cc1ccc(F)c(F)c1. The molecular formula is C27H22F2N2O4. The Morgan fingerprint density at radius 3 is 2.69 bits per heavy atom. The maximum Gasteiger partial charge on any atom is 0.268 e. The van der Waals surface area contributed by atoms with E-state index < -0.39 is 11.6 Å². The molecule has 178 valence electrons. The van der Waals surface area contributed by atoms with Crippen LogP contribution in [0.15, 0.2) is 73.3 Å². The molecule has 0 unspecified atom stereocenters. The minimum Gasteiger partial charge on any atom is -0.489 e. The number of benzene rings is 3. The van der Waals surface area contributed by atoms with Crippen molar-refractivity contribution in [2.45, 2.75) is 13.1 Å². The lowest BCUT2D eigenvalue weighted by molar-refractivity contribution is 0.0942. The lowest BCUT2D eigenvalue weighted by atomic mass is 10.2. The average molecular weight is 476 g/mol. The maximum absolute atomic E-state index is 13.9. The van der Waals surface area contributed by atoms with E-state index in [-0.39, 0.29) is 25.8 Å². The smallest absolute Gasteiger partial charge is 0.268 e. The van der Waals surface area contributed by atoms with E-state index in [1.54, 1.807) is 22.8 Å². The second-order valence-corrected chi connectivity index (χ2v) is 8.02. The largest absolute Gasteiger partial charge is 0.489 e. The number of carbonyl (C=O) groups is 1. The van der Waals surface area contributed by atoms with Gasteiger partial charge in [0.1, 0.15) is 18.1 Å². The number of halogens is 2. The molecule has 5 rings (SSSR count). The molecule has 0 bridgehead atoms. The van der Waals surface area contributed by atoms with Gasteiger partial charge < -0.3 is 24.1 Å². The normalized spacial score (nSPS) is 12.1. The van der Waals surface area contributed by atoms with E-state index in [0.29, 0.717) is 35.1 Å². The van der Waals surface area contributed by atoms with Gasteiger partial charge in [-0.25, -0.2) is 8.78 Å². The predicted molar refractivity (Wildman–Crippen MR) is 127 cm³/mol. The molecule has 1 aromatic heterocycles. The number of carbonyl (C=O) groups excluding carboxylic acids is 1. The minimum absolute atomic E-state index is 0.165. The van der Waals surface area contributed by atoms with Gasteiger partial charge in [-0.2, -0.15) is 0 Å². The van der Waals surface area contributed by atoms with E-state index in [2.05, 4.69) is 11.9 Å². The molecule has 1 N–H and O–H groups in total. The molecule has 0 radical (unpaired) electrons. The van der Waals surface area contributed by atoms with E-state index in [0.717, 1.165) is 28.6 Å². The number of ether oxygens (including phenoxy) is 3. The fourth-order valence-corrected chi connectivity index (χ4v) is 4.03. The molecule has 8 heteroatoms. The first-order valence-corrected chi connectivity index (χ1v) is 11.0. The van der Waals surface area contributed by atoms with Crippen molar-refractivity contribution in [2.75, 3.05) is 13.4 Å². The molecule has 0 spiro atoms. The van der Waals surface area contributed by atoms with Gasteiger partial charge in [0, 0.05) is 18.5 Å². The van der Waals surface area contributed by atoms with E-state index in [4.69, 9.17) is 14.2 Å². The van der Waals surface area contributed by atoms with Crippen LogP contribution in [0.4, 0.5) is 8.78 Å². The molecule has 35 heavy (non-hydrogen) atoms. The number of hydrogen-bond donors (Lipinski definition) is 1. The Bertz CT molecular complexity index is 1430. The van der Waals surface area contributed by atoms with Crippen LogP contribution in [0.2, 0.25) is 0 Å². The number of aromatic nitrogens is 1. The summed E-state index contributed by atoms with van der Waals surface area (Å²) in [6.07, 6.45) is 1.64. The van der Waals surface area contributed by atoms with E-state index in [1.165, 1.54) is 6.07 Å². The van der Waals surface area contributed by atoms with E-state index in [1.807, 2.05) is 30.3 Å². The van der Waals surface area contributed by atoms with Crippen LogP contribution < -0.4 is 19.5 Å². The Balaban J connectivity index is 1.48. The molecule has 1 aliphatic heterocycles. The highest BCUT2D eigenvalue weighted by atomic mass is 19.2. The van der Waals surface area contributed by atoms with Crippen molar-refractivity contribution < 1.29 is 27.8 Å². The van der Waals surface area contributed by atoms with Crippen LogP contribution in [-0.4, -0.2) is 23.9 Å². The summed E-state index contributed by atoms with van der Waals surface area (Å²) in [7, 11) is 0. The number of hydrogen-bond acceptors (Lipinski definition) is 4. The number of nitrogens with zero attached hydrogens (tertiary/aromatic N) is 1. The van der Waals surface area contributed by atoms with Crippen molar-refractivity contribution in [2.24, 2.45) is 0 Å². The maximum atomic E-state index is 13.9. The first-order valence-electron chi connectivity index (χ1n) is 11.0. The summed E-state index contributed by atoms with van der Waals surface area (Å²) >= 11 is 0. The molecule has 4 aromatic rings. The first kappa shape index (κ1) is 22.5. The summed E-state index contributed by atoms with van der Waals surface area (Å²) in [5.41, 5.74) is 2.45. The van der Waals surface area contributed by atoms with E-state index in [9.17, 15) is 13.6 Å². The molecule has 6 nitrogen and oxygen atoms in total. The van der Waals surface area contributed by atoms with Crippen LogP contribution in [0.3, 0.4) is 0 Å². The van der Waals surface area contributed by atoms with Gasteiger partial charge in [0.25, 0.3) is 5.91 Å². The third-order valence-electron chi connectivity index (χ3n) is 5.71. The minimum atomic E-state index is -0.942. The first-order chi connectivity index (χ1) is 17.0. The van der Waals surface area contributed by atoms with Gasteiger partial charge in [0.15, 0.2) is 23.1 Å². The van der Waals surface area contributed by atoms with Crippen LogP contribution in [0.5, 0.6) is 17.2 Å². The number of nitrogens with one attached hydrogen (secondary N) is 1. The Labute approximate surface area is 200 Å². The fraction of sp³-hybridized carbons (Fsp3) is 0.148. The lowest BCUT2D eigenvalue weighted by Gasteiger charge is -2.12. The highest BCUT2D eigenvalue weighted by molar-refractivity contribution is 6.00. The molecule has 0 atom stereocenters. The van der Waals surface area contributed by atoms with Crippen molar-refractivity contribution in [1.82, 2.24) is 9.88 Å². The summed E-state index contributed by atoms with van der Waals surface area (Å²) in [6, 6.07) is 16.4. The highest BCUT2D eigenvalue weighted by Gasteiger charge is 2.19. The van der Waals surface area contributed by atoms with Crippen molar-refractivity contribution in [3.05, 3.63) is 102 Å². The third kappa shape index (κ3) is 4.55. The summed E-state index contributed by atoms with van der Waals surface area (Å²) in [4.78, 5) is 13.3. The standard InChI is InChI=1S/C27H22F2N2O4/c1-2-10-33-24-5-3-4-22-19(24)13-23(31(22)15-18-6-8-20(28)21(29)11-18)27(32)30-14-17-7-9-25-26(12-17)35-16-34-25/h2-9,11-13H,1,10,14-16H2,(H,30,32). The molecule has 1 aliphatic rings. The number of rotatable bonds is 8. The third-order valence-corrected chi connectivity index (χ3v) is 5.71. The molecule has 2 heterocycles. The van der Waals surface area contributed by atoms with Gasteiger partial charge in [0.2, 0.25) is 6.79 Å². The van der Waals surface area contributed by atoms with Crippen molar-refractivity contribution in [3.63, 3.8) is 0 Å². The van der Waals surface area contributed by atoms with Gasteiger partial charge >= 0.3 is 0 Å². The zero-order valence-electron chi connectivity index (χ0n) is 18.7. The van der Waals surface area contributed by atoms with Gasteiger partial charge in [0.05, 0.1) is 5.52 Å². The van der Waals surface area contributed by atoms with Gasteiger partial charge in [-0.05, 0) is 53.6 Å². The number of fused-ring (bicyclic) bond motifs is 2. The summed E-state index contributed by atoms with van der Waals surface area (Å²) in [6.45, 7) is 4.58. The van der Waals surface area contributed by atoms with Crippen LogP contribution in [0, 0.1) is 11.6 Å². The van der Waals surface area contributed by atoms with E-state index >= 15 is 0 Å². The predicted octanol–water partition coefficient (Wildman–Crippen LogP) is 5.19. The van der Waals surface area contributed by atoms with Crippen LogP contribution in [0.1, 0.15) is 21.6 Å². The van der Waals surface area contributed by atoms with Crippen molar-refractivity contribution >= 4 is 16.8 Å². The van der Waals surface area contributed by atoms with Crippen LogP contribution in [-0.2, 0) is 13.1 Å². The van der Waals surface area contributed by atoms with Gasteiger partial charge in [-0.3, -0.25) is 4.79 Å². The highest BCUT2D eigenvalue weighted by Crippen LogP contribution is 2.33. The summed E-state index contributed by atoms with van der Waals surface area (Å²) in [5.74, 6) is -0.296. The lowest BCUT2D eigenvalue weighted by Crippen LogP contribution is -2.25. The van der Waals surface area contributed by atoms with Crippen molar-refractivity contribution in [1.29, 1.82) is 0 Å². The molecule has 1 amide bonds. The number of amides is 1. The molecular weight excluding hydrogens is 454 g/mol. The molecule has 0 saturated carbocycles. The van der Waals surface area contributed by atoms with Gasteiger partial charge in [-0.15, -0.1) is 0 Å². The van der Waals surface area contributed by atoms with Crippen LogP contribution in [0.25, 0.3) is 10.9 Å². The van der Waals surface area contributed by atoms with Gasteiger partial charge in [-0.1, -0.05) is 30.9 Å². The Morgan fingerprint density at radius 2 is 1.86 bits per heavy atom. The zero-order chi connectivity index (χ0) is 24.4. The summed E-state index contributed by atoms with van der Waals surface area (Å²) in [5, 5.41) is 3.66. The fourth-order valence-electron chi connectivity index (χ4n) is 4.03. The Kier molecular flexibility index (Phi) is 6.10. The monoisotopic (exact) mass is 476 g/mol. The van der Waals surface area contributed by atoms with Crippen molar-refractivity contribution in [3.8, 4) is 17.2 Å². The Morgan fingerprint density at radius 1 is 1.03 bits per heavy atom. The zero-order valence-corrected chi connectivity index (χ0v) is 18.7. The molecule has 3 aromatic carbocycles. The molecule has 0 saturated heterocycles. The topological polar surface area (TPSA) is 61.7 Å². The molecule has 0 fully saturated rings. The quantitative estimate of drug-likeness (QED) is 0.356. The Hall–Kier alpha value is -4.33. The second kappa shape index (κ2) is 9.50. The summed E-state index contributed by atoms with van der Waals surface area (Å²) < 4.78 is 45.6. The second-order valence-electron chi connectivity index (χ2n) is 8.02. The molecule has 0 aliphatic carbocycles. The van der Waals surface area contributed by atoms with Crippen LogP contribution >= 0.6 is 0 Å². The average Bonchev–Trinajstić information content (AvgIpc) is 3.48.